The third kappa shape index (κ3) is 5.23. The van der Waals surface area contributed by atoms with Crippen molar-refractivity contribution in [1.82, 2.24) is 10.3 Å². The summed E-state index contributed by atoms with van der Waals surface area (Å²) in [4.78, 5) is 15.5. The zero-order chi connectivity index (χ0) is 17.7. The van der Waals surface area contributed by atoms with E-state index in [2.05, 4.69) is 15.6 Å². The Bertz CT molecular complexity index is 781. The molecule has 0 atom stereocenters. The van der Waals surface area contributed by atoms with Crippen LogP contribution < -0.4 is 15.4 Å². The molecule has 2 amide bonds. The van der Waals surface area contributed by atoms with Crippen LogP contribution in [-0.2, 0) is 0 Å². The second-order valence-corrected chi connectivity index (χ2v) is 5.54. The van der Waals surface area contributed by atoms with Gasteiger partial charge in [0.15, 0.2) is 11.6 Å². The lowest BCUT2D eigenvalue weighted by Gasteiger charge is -2.08. The molecule has 0 fully saturated rings. The summed E-state index contributed by atoms with van der Waals surface area (Å²) in [5.41, 5.74) is 0.301. The van der Waals surface area contributed by atoms with Crippen molar-refractivity contribution in [2.45, 2.75) is 0 Å². The normalized spacial score (nSPS) is 10.0. The zero-order valence-corrected chi connectivity index (χ0v) is 13.9. The third-order valence-electron chi connectivity index (χ3n) is 2.49. The minimum absolute atomic E-state index is 0.0493. The van der Waals surface area contributed by atoms with Gasteiger partial charge < -0.3 is 10.1 Å². The fourth-order valence-electron chi connectivity index (χ4n) is 1.49. The van der Waals surface area contributed by atoms with Crippen molar-refractivity contribution in [3.05, 3.63) is 57.8 Å². The topological polar surface area (TPSA) is 63.2 Å². The first-order valence-corrected chi connectivity index (χ1v) is 7.36. The number of aromatic nitrogens is 1. The number of pyridine rings is 1. The molecule has 0 unspecified atom stereocenters. The highest BCUT2D eigenvalue weighted by Gasteiger charge is 2.09. The van der Waals surface area contributed by atoms with Gasteiger partial charge in [0.05, 0.1) is 11.9 Å². The number of hydrogen-bond acceptors (Lipinski definition) is 3. The summed E-state index contributed by atoms with van der Waals surface area (Å²) in [7, 11) is 0. The van der Waals surface area contributed by atoms with Crippen LogP contribution in [-0.4, -0.2) is 11.0 Å². The van der Waals surface area contributed by atoms with Crippen LogP contribution >= 0.6 is 34.8 Å². The monoisotopic (exact) mass is 393 g/mol. The van der Waals surface area contributed by atoms with Crippen LogP contribution in [0.4, 0.5) is 19.3 Å². The molecule has 0 aliphatic carbocycles. The van der Waals surface area contributed by atoms with Gasteiger partial charge in [0.1, 0.15) is 15.5 Å². The predicted molar refractivity (Wildman–Crippen MR) is 87.4 cm³/mol. The average molecular weight is 395 g/mol. The van der Waals surface area contributed by atoms with Crippen molar-refractivity contribution in [3.8, 4) is 11.6 Å². The van der Waals surface area contributed by atoms with Crippen molar-refractivity contribution in [3.63, 3.8) is 0 Å². The summed E-state index contributed by atoms with van der Waals surface area (Å²) in [5, 5.41) is 4.35. The number of ether oxygens (including phenoxy) is 1. The van der Waals surface area contributed by atoms with Gasteiger partial charge >= 0.3 is 6.03 Å². The molecule has 0 aliphatic rings. The predicted octanol–water partition coefficient (Wildman–Crippen LogP) is 5.12. The van der Waals surface area contributed by atoms with Crippen LogP contribution in [0.2, 0.25) is 0 Å². The molecular formula is C14H8Cl3F2N3O2. The number of halogens is 5. The van der Waals surface area contributed by atoms with Crippen molar-refractivity contribution in [2.24, 2.45) is 0 Å². The Hall–Kier alpha value is -2.09. The van der Waals surface area contributed by atoms with E-state index >= 15 is 0 Å². The lowest BCUT2D eigenvalue weighted by atomic mass is 10.3. The Morgan fingerprint density at radius 1 is 1.12 bits per heavy atom. The Morgan fingerprint density at radius 3 is 2.46 bits per heavy atom. The Morgan fingerprint density at radius 2 is 1.88 bits per heavy atom. The first-order chi connectivity index (χ1) is 11.3. The fourth-order valence-corrected chi connectivity index (χ4v) is 1.67. The van der Waals surface area contributed by atoms with Gasteiger partial charge in [-0.15, -0.1) is 0 Å². The van der Waals surface area contributed by atoms with E-state index in [-0.39, 0.29) is 21.3 Å². The van der Waals surface area contributed by atoms with E-state index < -0.39 is 17.7 Å². The molecule has 2 aromatic rings. The molecule has 126 valence electrons. The van der Waals surface area contributed by atoms with E-state index in [4.69, 9.17) is 39.5 Å². The summed E-state index contributed by atoms with van der Waals surface area (Å²) >= 11 is 16.3. The quantitative estimate of drug-likeness (QED) is 0.708. The largest absolute Gasteiger partial charge is 0.436 e. The summed E-state index contributed by atoms with van der Waals surface area (Å²) in [6.45, 7) is 0. The van der Waals surface area contributed by atoms with E-state index in [1.807, 2.05) is 0 Å². The third-order valence-corrected chi connectivity index (χ3v) is 3.35. The minimum Gasteiger partial charge on any atom is -0.436 e. The van der Waals surface area contributed by atoms with Crippen molar-refractivity contribution in [2.75, 3.05) is 5.32 Å². The highest BCUT2D eigenvalue weighted by atomic mass is 35.5. The number of benzene rings is 1. The van der Waals surface area contributed by atoms with Gasteiger partial charge in [-0.3, -0.25) is 5.32 Å². The summed E-state index contributed by atoms with van der Waals surface area (Å²) < 4.78 is 31.2. The first-order valence-electron chi connectivity index (χ1n) is 6.23. The molecule has 0 saturated carbocycles. The standard InChI is InChI=1S/C14H8Cl3F2N3O2/c15-12(16)13(17)22-14(23)21-8-2-4-11(20-6-8)24-10-3-1-7(18)5-9(10)19/h1-6H,(H2,21,22,23). The number of urea groups is 1. The van der Waals surface area contributed by atoms with Crippen LogP contribution in [0.3, 0.4) is 0 Å². The number of amides is 2. The molecule has 1 aromatic heterocycles. The van der Waals surface area contributed by atoms with E-state index in [9.17, 15) is 13.6 Å². The van der Waals surface area contributed by atoms with Gasteiger partial charge in [0.25, 0.3) is 0 Å². The van der Waals surface area contributed by atoms with Gasteiger partial charge in [-0.25, -0.2) is 18.6 Å². The number of anilines is 1. The molecule has 24 heavy (non-hydrogen) atoms. The van der Waals surface area contributed by atoms with Gasteiger partial charge in [-0.2, -0.15) is 0 Å². The zero-order valence-electron chi connectivity index (χ0n) is 11.6. The Balaban J connectivity index is 2.00. The van der Waals surface area contributed by atoms with Gasteiger partial charge in [0.2, 0.25) is 5.88 Å². The van der Waals surface area contributed by atoms with Crippen LogP contribution in [0.15, 0.2) is 46.2 Å². The second-order valence-electron chi connectivity index (χ2n) is 4.22. The van der Waals surface area contributed by atoms with E-state index in [0.717, 1.165) is 12.1 Å². The van der Waals surface area contributed by atoms with Gasteiger partial charge in [-0.05, 0) is 18.2 Å². The van der Waals surface area contributed by atoms with Crippen LogP contribution in [0, 0.1) is 11.6 Å². The first kappa shape index (κ1) is 18.3. The molecule has 1 heterocycles. The Kier molecular flexibility index (Phi) is 6.19. The van der Waals surface area contributed by atoms with Crippen molar-refractivity contribution < 1.29 is 18.3 Å². The molecule has 0 spiro atoms. The summed E-state index contributed by atoms with van der Waals surface area (Å²) in [6, 6.07) is 5.01. The molecule has 0 saturated heterocycles. The lowest BCUT2D eigenvalue weighted by Crippen LogP contribution is -2.26. The number of rotatable bonds is 4. The molecular weight excluding hydrogens is 387 g/mol. The maximum Gasteiger partial charge on any atom is 0.324 e. The molecule has 2 N–H and O–H groups in total. The summed E-state index contributed by atoms with van der Waals surface area (Å²) in [5.74, 6) is -1.72. The molecule has 0 bridgehead atoms. The number of nitrogens with one attached hydrogen (secondary N) is 2. The van der Waals surface area contributed by atoms with Gasteiger partial charge in [0, 0.05) is 12.1 Å². The SMILES string of the molecule is O=C(NC(Cl)=C(Cl)Cl)Nc1ccc(Oc2ccc(F)cc2F)nc1. The fraction of sp³-hybridized carbons (Fsp3) is 0. The molecule has 1 aromatic carbocycles. The number of carbonyl (C=O) groups excluding carboxylic acids is 1. The number of carbonyl (C=O) groups is 1. The number of hydrogen-bond donors (Lipinski definition) is 2. The maximum absolute atomic E-state index is 13.5. The molecule has 10 heteroatoms. The van der Waals surface area contributed by atoms with E-state index in [0.29, 0.717) is 11.8 Å². The minimum atomic E-state index is -0.863. The molecule has 5 nitrogen and oxygen atoms in total. The van der Waals surface area contributed by atoms with Crippen LogP contribution in [0.25, 0.3) is 0 Å². The lowest BCUT2D eigenvalue weighted by molar-refractivity contribution is 0.255. The maximum atomic E-state index is 13.5. The molecule has 0 radical (unpaired) electrons. The Labute approximate surface area is 150 Å². The van der Waals surface area contributed by atoms with Crippen LogP contribution in [0.1, 0.15) is 0 Å². The van der Waals surface area contributed by atoms with E-state index in [1.165, 1.54) is 18.3 Å². The second kappa shape index (κ2) is 8.14. The van der Waals surface area contributed by atoms with Crippen molar-refractivity contribution in [1.29, 1.82) is 0 Å². The molecule has 2 rings (SSSR count). The summed E-state index contributed by atoms with van der Waals surface area (Å²) in [6.07, 6.45) is 1.26. The van der Waals surface area contributed by atoms with Gasteiger partial charge in [-0.1, -0.05) is 34.8 Å². The number of nitrogens with zero attached hydrogens (tertiary/aromatic N) is 1. The highest BCUT2D eigenvalue weighted by molar-refractivity contribution is 6.59. The van der Waals surface area contributed by atoms with E-state index in [1.54, 1.807) is 0 Å². The van der Waals surface area contributed by atoms with Crippen LogP contribution in [0.5, 0.6) is 11.6 Å². The average Bonchev–Trinajstić information content (AvgIpc) is 2.51. The smallest absolute Gasteiger partial charge is 0.324 e. The highest BCUT2D eigenvalue weighted by Crippen LogP contribution is 2.24. The molecule has 0 aliphatic heterocycles. The van der Waals surface area contributed by atoms with Crippen molar-refractivity contribution >= 4 is 46.5 Å².